The molecular weight excluding hydrogens is 490 g/mol. The molecule has 37 heavy (non-hydrogen) atoms. The molecule has 1 heterocycles. The van der Waals surface area contributed by atoms with Crippen LogP contribution in [0.4, 0.5) is 14.4 Å². The minimum absolute atomic E-state index is 0.0836. The van der Waals surface area contributed by atoms with Crippen molar-refractivity contribution in [2.75, 3.05) is 26.9 Å². The van der Waals surface area contributed by atoms with Gasteiger partial charge in [0.15, 0.2) is 0 Å². The molecule has 2 rings (SSSR count). The molecule has 1 aliphatic heterocycles. The van der Waals surface area contributed by atoms with Crippen molar-refractivity contribution in [2.45, 2.75) is 45.9 Å². The number of hydrogen-bond acceptors (Lipinski definition) is 9. The molecule has 1 saturated heterocycles. The standard InChI is InChI=1S/C23H31N5O9/c1-15(29)27(28-18(30)12-26(22(28)34)14-24-20(32)37-23(2,3)4)11-17(19(31)35-5)25-21(33)36-13-16-9-7-6-8-10-16/h6-10,17H,11-14H2,1-5H3,(H,24,32)(H,25,33). The first kappa shape index (κ1) is 28.9. The lowest BCUT2D eigenvalue weighted by Gasteiger charge is -2.31. The van der Waals surface area contributed by atoms with E-state index in [1.165, 1.54) is 0 Å². The molecule has 0 saturated carbocycles. The highest BCUT2D eigenvalue weighted by molar-refractivity contribution is 6.03. The molecule has 1 aliphatic rings. The zero-order chi connectivity index (χ0) is 27.8. The van der Waals surface area contributed by atoms with Crippen LogP contribution in [0, 0.1) is 0 Å². The van der Waals surface area contributed by atoms with E-state index in [-0.39, 0.29) is 13.3 Å². The van der Waals surface area contributed by atoms with Gasteiger partial charge >= 0.3 is 24.2 Å². The van der Waals surface area contributed by atoms with Crippen LogP contribution in [-0.2, 0) is 35.2 Å². The number of imide groups is 1. The molecular formula is C23H31N5O9. The second-order valence-corrected chi connectivity index (χ2v) is 8.91. The average molecular weight is 522 g/mol. The molecule has 0 radical (unpaired) electrons. The summed E-state index contributed by atoms with van der Waals surface area (Å²) in [5, 5.41) is 5.88. The van der Waals surface area contributed by atoms with E-state index in [1.807, 2.05) is 0 Å². The summed E-state index contributed by atoms with van der Waals surface area (Å²) in [6.45, 7) is 4.55. The molecule has 0 spiro atoms. The minimum Gasteiger partial charge on any atom is -0.467 e. The quantitative estimate of drug-likeness (QED) is 0.274. The van der Waals surface area contributed by atoms with Crippen LogP contribution in [0.5, 0.6) is 0 Å². The number of hydrogen-bond donors (Lipinski definition) is 2. The van der Waals surface area contributed by atoms with E-state index in [0.29, 0.717) is 15.6 Å². The fraction of sp³-hybridized carbons (Fsp3) is 0.478. The first-order valence-corrected chi connectivity index (χ1v) is 11.2. The second-order valence-electron chi connectivity index (χ2n) is 8.91. The Kier molecular flexibility index (Phi) is 9.80. The monoisotopic (exact) mass is 521 g/mol. The van der Waals surface area contributed by atoms with E-state index < -0.39 is 60.7 Å². The maximum Gasteiger partial charge on any atom is 0.409 e. The van der Waals surface area contributed by atoms with Crippen LogP contribution in [0.2, 0.25) is 0 Å². The number of amides is 6. The fourth-order valence-electron chi connectivity index (χ4n) is 3.13. The predicted octanol–water partition coefficient (Wildman–Crippen LogP) is 0.964. The summed E-state index contributed by atoms with van der Waals surface area (Å²) < 4.78 is 14.9. The maximum atomic E-state index is 12.9. The van der Waals surface area contributed by atoms with Crippen molar-refractivity contribution < 1.29 is 43.0 Å². The Morgan fingerprint density at radius 2 is 1.73 bits per heavy atom. The van der Waals surface area contributed by atoms with Gasteiger partial charge in [0, 0.05) is 6.92 Å². The number of benzene rings is 1. The molecule has 202 valence electrons. The molecule has 14 heteroatoms. The van der Waals surface area contributed by atoms with E-state index >= 15 is 0 Å². The van der Waals surface area contributed by atoms with Crippen LogP contribution in [0.1, 0.15) is 33.3 Å². The molecule has 0 aliphatic carbocycles. The average Bonchev–Trinajstić information content (AvgIpc) is 3.10. The van der Waals surface area contributed by atoms with Gasteiger partial charge in [-0.05, 0) is 26.3 Å². The van der Waals surface area contributed by atoms with Crippen molar-refractivity contribution >= 4 is 36.0 Å². The smallest absolute Gasteiger partial charge is 0.409 e. The number of carbonyl (C=O) groups excluding carboxylic acids is 6. The molecule has 0 bridgehead atoms. The number of rotatable bonds is 9. The van der Waals surface area contributed by atoms with Gasteiger partial charge in [0.25, 0.3) is 5.91 Å². The van der Waals surface area contributed by atoms with Crippen molar-refractivity contribution in [3.63, 3.8) is 0 Å². The maximum absolute atomic E-state index is 12.9. The second kappa shape index (κ2) is 12.6. The summed E-state index contributed by atoms with van der Waals surface area (Å²) >= 11 is 0. The van der Waals surface area contributed by atoms with E-state index in [2.05, 4.69) is 10.6 Å². The SMILES string of the molecule is COC(=O)C(CN(C(C)=O)N1C(=O)CN(CNC(=O)OC(C)(C)C)C1=O)NC(=O)OCc1ccccc1. The lowest BCUT2D eigenvalue weighted by molar-refractivity contribution is -0.156. The largest absolute Gasteiger partial charge is 0.467 e. The van der Waals surface area contributed by atoms with Crippen LogP contribution in [0.25, 0.3) is 0 Å². The summed E-state index contributed by atoms with van der Waals surface area (Å²) in [5.41, 5.74) is -0.0733. The lowest BCUT2D eigenvalue weighted by Crippen LogP contribution is -2.57. The Bertz CT molecular complexity index is 1030. The van der Waals surface area contributed by atoms with Gasteiger partial charge in [-0.15, -0.1) is 0 Å². The first-order valence-electron chi connectivity index (χ1n) is 11.2. The topological polar surface area (TPSA) is 164 Å². The Morgan fingerprint density at radius 3 is 2.30 bits per heavy atom. The number of methoxy groups -OCH3 is 1. The van der Waals surface area contributed by atoms with Gasteiger partial charge in [-0.1, -0.05) is 30.3 Å². The number of nitrogens with one attached hydrogen (secondary N) is 2. The van der Waals surface area contributed by atoms with E-state index in [4.69, 9.17) is 14.2 Å². The number of alkyl carbamates (subject to hydrolysis) is 2. The van der Waals surface area contributed by atoms with Crippen LogP contribution >= 0.6 is 0 Å². The molecule has 14 nitrogen and oxygen atoms in total. The number of urea groups is 1. The zero-order valence-corrected chi connectivity index (χ0v) is 21.3. The van der Waals surface area contributed by atoms with Gasteiger partial charge < -0.3 is 24.8 Å². The Balaban J connectivity index is 2.07. The van der Waals surface area contributed by atoms with Crippen molar-refractivity contribution in [3.05, 3.63) is 35.9 Å². The molecule has 1 aromatic carbocycles. The van der Waals surface area contributed by atoms with Gasteiger partial charge in [0.2, 0.25) is 5.91 Å². The van der Waals surface area contributed by atoms with E-state index in [0.717, 1.165) is 18.9 Å². The minimum atomic E-state index is -1.47. The summed E-state index contributed by atoms with van der Waals surface area (Å²) in [4.78, 5) is 75.3. The van der Waals surface area contributed by atoms with Crippen LogP contribution in [0.3, 0.4) is 0 Å². The molecule has 1 unspecified atom stereocenters. The number of ether oxygens (including phenoxy) is 3. The number of esters is 1. The van der Waals surface area contributed by atoms with Gasteiger partial charge in [-0.25, -0.2) is 24.2 Å². The van der Waals surface area contributed by atoms with Crippen LogP contribution in [0.15, 0.2) is 30.3 Å². The lowest BCUT2D eigenvalue weighted by atomic mass is 10.2. The van der Waals surface area contributed by atoms with Gasteiger partial charge in [0.1, 0.15) is 24.8 Å². The predicted molar refractivity (Wildman–Crippen MR) is 126 cm³/mol. The third kappa shape index (κ3) is 8.66. The highest BCUT2D eigenvalue weighted by atomic mass is 16.6. The van der Waals surface area contributed by atoms with Crippen molar-refractivity contribution in [2.24, 2.45) is 0 Å². The van der Waals surface area contributed by atoms with Crippen molar-refractivity contribution in [1.82, 2.24) is 25.6 Å². The molecule has 6 amide bonds. The van der Waals surface area contributed by atoms with Gasteiger partial charge in [-0.3, -0.25) is 14.5 Å². The highest BCUT2D eigenvalue weighted by Gasteiger charge is 2.43. The zero-order valence-electron chi connectivity index (χ0n) is 21.3. The Labute approximate surface area is 213 Å². The molecule has 1 atom stereocenters. The van der Waals surface area contributed by atoms with Crippen molar-refractivity contribution in [3.8, 4) is 0 Å². The van der Waals surface area contributed by atoms with Gasteiger partial charge in [0.05, 0.1) is 20.3 Å². The summed E-state index contributed by atoms with van der Waals surface area (Å²) in [6, 6.07) is 6.39. The van der Waals surface area contributed by atoms with Crippen molar-refractivity contribution in [1.29, 1.82) is 0 Å². The van der Waals surface area contributed by atoms with Crippen LogP contribution in [-0.4, -0.2) is 89.4 Å². The summed E-state index contributed by atoms with van der Waals surface area (Å²) in [5.74, 6) is -2.50. The first-order chi connectivity index (χ1) is 17.3. The molecule has 1 aromatic rings. The molecule has 2 N–H and O–H groups in total. The summed E-state index contributed by atoms with van der Waals surface area (Å²) in [7, 11) is 1.07. The van der Waals surface area contributed by atoms with Crippen LogP contribution < -0.4 is 10.6 Å². The third-order valence-electron chi connectivity index (χ3n) is 4.78. The fourth-order valence-corrected chi connectivity index (χ4v) is 3.13. The number of carbonyl (C=O) groups is 6. The van der Waals surface area contributed by atoms with E-state index in [9.17, 15) is 28.8 Å². The number of nitrogens with zero attached hydrogens (tertiary/aromatic N) is 3. The Hall–Kier alpha value is -4.36. The number of hydrazine groups is 1. The Morgan fingerprint density at radius 1 is 1.08 bits per heavy atom. The molecule has 1 fully saturated rings. The molecule has 0 aromatic heterocycles. The third-order valence-corrected chi connectivity index (χ3v) is 4.78. The van der Waals surface area contributed by atoms with E-state index in [1.54, 1.807) is 51.1 Å². The normalized spacial score (nSPS) is 14.1. The van der Waals surface area contributed by atoms with Gasteiger partial charge in [-0.2, -0.15) is 5.01 Å². The summed E-state index contributed by atoms with van der Waals surface area (Å²) in [6.07, 6.45) is -1.79. The highest BCUT2D eigenvalue weighted by Crippen LogP contribution is 2.15.